The number of carbonyl (C=O) groups excluding carboxylic acids is 1. The molecule has 0 aliphatic carbocycles. The van der Waals surface area contributed by atoms with Crippen LogP contribution in [0.4, 0.5) is 4.79 Å². The predicted octanol–water partition coefficient (Wildman–Crippen LogP) is 2.44. The lowest BCUT2D eigenvalue weighted by atomic mass is 10.1. The zero-order valence-electron chi connectivity index (χ0n) is 13.0. The van der Waals surface area contributed by atoms with Crippen molar-refractivity contribution in [2.24, 2.45) is 0 Å². The zero-order valence-corrected chi connectivity index (χ0v) is 13.0. The molecule has 0 spiro atoms. The number of benzene rings is 1. The van der Waals surface area contributed by atoms with Crippen molar-refractivity contribution in [3.05, 3.63) is 67.0 Å². The highest BCUT2D eigenvalue weighted by Gasteiger charge is 2.10. The maximum absolute atomic E-state index is 12.0. The van der Waals surface area contributed by atoms with Crippen molar-refractivity contribution < 1.29 is 9.90 Å². The number of aliphatic hydroxyl groups excluding tert-OH is 1. The van der Waals surface area contributed by atoms with E-state index in [0.29, 0.717) is 13.1 Å². The monoisotopic (exact) mass is 311 g/mol. The number of urea groups is 1. The Labute approximate surface area is 136 Å². The van der Waals surface area contributed by atoms with Gasteiger partial charge in [0.2, 0.25) is 0 Å². The van der Waals surface area contributed by atoms with E-state index in [9.17, 15) is 4.79 Å². The van der Waals surface area contributed by atoms with Crippen molar-refractivity contribution >= 4 is 6.03 Å². The van der Waals surface area contributed by atoms with Crippen LogP contribution < -0.4 is 5.32 Å². The van der Waals surface area contributed by atoms with Crippen LogP contribution in [0.5, 0.6) is 0 Å². The van der Waals surface area contributed by atoms with Gasteiger partial charge in [-0.15, -0.1) is 6.58 Å². The second-order valence-corrected chi connectivity index (χ2v) is 5.06. The number of carbonyl (C=O) groups is 1. The number of hydrogen-bond acceptors (Lipinski definition) is 3. The van der Waals surface area contributed by atoms with Gasteiger partial charge in [-0.1, -0.05) is 36.4 Å². The van der Waals surface area contributed by atoms with Crippen LogP contribution in [0.3, 0.4) is 0 Å². The number of hydrogen-bond donors (Lipinski definition) is 2. The number of aliphatic hydroxyl groups is 1. The lowest BCUT2D eigenvalue weighted by molar-refractivity contribution is 0.183. The van der Waals surface area contributed by atoms with Gasteiger partial charge in [0.15, 0.2) is 0 Å². The third-order valence-electron chi connectivity index (χ3n) is 3.40. The third-order valence-corrected chi connectivity index (χ3v) is 3.40. The van der Waals surface area contributed by atoms with Gasteiger partial charge in [-0.3, -0.25) is 4.98 Å². The minimum absolute atomic E-state index is 0.0684. The van der Waals surface area contributed by atoms with Gasteiger partial charge < -0.3 is 15.3 Å². The molecule has 0 atom stereocenters. The Hall–Kier alpha value is -2.66. The molecule has 120 valence electrons. The number of aromatic nitrogens is 1. The molecule has 5 heteroatoms. The minimum Gasteiger partial charge on any atom is -0.395 e. The summed E-state index contributed by atoms with van der Waals surface area (Å²) in [6.07, 6.45) is 5.20. The first-order valence-electron chi connectivity index (χ1n) is 7.48. The molecule has 2 amide bonds. The molecule has 0 bridgehead atoms. The number of rotatable bonds is 7. The van der Waals surface area contributed by atoms with Gasteiger partial charge in [0.1, 0.15) is 0 Å². The molecule has 1 heterocycles. The number of amides is 2. The molecule has 0 aliphatic rings. The summed E-state index contributed by atoms with van der Waals surface area (Å²) in [7, 11) is 0. The maximum Gasteiger partial charge on any atom is 0.318 e. The Kier molecular flexibility index (Phi) is 6.32. The molecule has 2 N–H and O–H groups in total. The summed E-state index contributed by atoms with van der Waals surface area (Å²) in [5, 5.41) is 11.8. The molecule has 23 heavy (non-hydrogen) atoms. The van der Waals surface area contributed by atoms with Gasteiger partial charge in [0, 0.05) is 32.0 Å². The van der Waals surface area contributed by atoms with Crippen LogP contribution in [0.1, 0.15) is 5.56 Å². The summed E-state index contributed by atoms with van der Waals surface area (Å²) in [6.45, 7) is 4.68. The molecule has 0 unspecified atom stereocenters. The van der Waals surface area contributed by atoms with Crippen molar-refractivity contribution in [1.82, 2.24) is 15.2 Å². The van der Waals surface area contributed by atoms with Crippen LogP contribution in [0.15, 0.2) is 61.4 Å². The van der Waals surface area contributed by atoms with E-state index in [1.807, 2.05) is 42.6 Å². The van der Waals surface area contributed by atoms with Crippen LogP contribution in [-0.4, -0.2) is 40.7 Å². The van der Waals surface area contributed by atoms with Crippen molar-refractivity contribution in [3.63, 3.8) is 0 Å². The highest BCUT2D eigenvalue weighted by Crippen LogP contribution is 2.18. The van der Waals surface area contributed by atoms with Gasteiger partial charge in [-0.05, 0) is 22.8 Å². The Morgan fingerprint density at radius 1 is 1.26 bits per heavy atom. The highest BCUT2D eigenvalue weighted by molar-refractivity contribution is 5.74. The van der Waals surface area contributed by atoms with Gasteiger partial charge in [0.05, 0.1) is 6.61 Å². The average molecular weight is 311 g/mol. The number of nitrogens with zero attached hydrogens (tertiary/aromatic N) is 2. The summed E-state index contributed by atoms with van der Waals surface area (Å²) >= 11 is 0. The van der Waals surface area contributed by atoms with E-state index in [1.54, 1.807) is 12.3 Å². The lowest BCUT2D eigenvalue weighted by Gasteiger charge is -2.20. The first-order chi connectivity index (χ1) is 11.2. The van der Waals surface area contributed by atoms with Crippen LogP contribution in [-0.2, 0) is 6.54 Å². The largest absolute Gasteiger partial charge is 0.395 e. The van der Waals surface area contributed by atoms with Crippen LogP contribution in [0.2, 0.25) is 0 Å². The SMILES string of the molecule is C=CCN(CCO)C(=O)NCc1ccc(-c2cccnc2)cc1. The normalized spacial score (nSPS) is 10.1. The van der Waals surface area contributed by atoms with Gasteiger partial charge in [-0.2, -0.15) is 0 Å². The molecular weight excluding hydrogens is 290 g/mol. The summed E-state index contributed by atoms with van der Waals surface area (Å²) in [4.78, 5) is 17.6. The summed E-state index contributed by atoms with van der Waals surface area (Å²) in [5.74, 6) is 0. The summed E-state index contributed by atoms with van der Waals surface area (Å²) < 4.78 is 0. The fourth-order valence-electron chi connectivity index (χ4n) is 2.19. The van der Waals surface area contributed by atoms with Crippen molar-refractivity contribution in [3.8, 4) is 11.1 Å². The molecule has 2 rings (SSSR count). The Bertz CT molecular complexity index is 626. The summed E-state index contributed by atoms with van der Waals surface area (Å²) in [6, 6.07) is 11.7. The fourth-order valence-corrected chi connectivity index (χ4v) is 2.19. The summed E-state index contributed by atoms with van der Waals surface area (Å²) in [5.41, 5.74) is 3.15. The maximum atomic E-state index is 12.0. The zero-order chi connectivity index (χ0) is 16.5. The molecule has 2 aromatic rings. The molecule has 0 radical (unpaired) electrons. The number of nitrogens with one attached hydrogen (secondary N) is 1. The highest BCUT2D eigenvalue weighted by atomic mass is 16.3. The fraction of sp³-hybridized carbons (Fsp3) is 0.222. The Balaban J connectivity index is 1.93. The Morgan fingerprint density at radius 2 is 2.04 bits per heavy atom. The van der Waals surface area contributed by atoms with Gasteiger partial charge >= 0.3 is 6.03 Å². The second kappa shape index (κ2) is 8.70. The molecule has 0 saturated heterocycles. The van der Waals surface area contributed by atoms with E-state index >= 15 is 0 Å². The molecular formula is C18H21N3O2. The predicted molar refractivity (Wildman–Crippen MR) is 90.8 cm³/mol. The van der Waals surface area contributed by atoms with E-state index in [1.165, 1.54) is 4.90 Å². The van der Waals surface area contributed by atoms with E-state index in [4.69, 9.17) is 5.11 Å². The first-order valence-corrected chi connectivity index (χ1v) is 7.48. The minimum atomic E-state index is -0.213. The Morgan fingerprint density at radius 3 is 2.65 bits per heavy atom. The lowest BCUT2D eigenvalue weighted by Crippen LogP contribution is -2.41. The van der Waals surface area contributed by atoms with Gasteiger partial charge in [0.25, 0.3) is 0 Å². The van der Waals surface area contributed by atoms with E-state index in [0.717, 1.165) is 16.7 Å². The molecule has 0 aliphatic heterocycles. The van der Waals surface area contributed by atoms with E-state index in [2.05, 4.69) is 16.9 Å². The van der Waals surface area contributed by atoms with Crippen molar-refractivity contribution in [2.75, 3.05) is 19.7 Å². The van der Waals surface area contributed by atoms with E-state index < -0.39 is 0 Å². The quantitative estimate of drug-likeness (QED) is 0.772. The van der Waals surface area contributed by atoms with Gasteiger partial charge in [-0.25, -0.2) is 4.79 Å². The van der Waals surface area contributed by atoms with Crippen LogP contribution in [0.25, 0.3) is 11.1 Å². The molecule has 0 saturated carbocycles. The second-order valence-electron chi connectivity index (χ2n) is 5.06. The topological polar surface area (TPSA) is 65.5 Å². The smallest absolute Gasteiger partial charge is 0.318 e. The molecule has 1 aromatic heterocycles. The van der Waals surface area contributed by atoms with Crippen molar-refractivity contribution in [2.45, 2.75) is 6.54 Å². The molecule has 1 aromatic carbocycles. The average Bonchev–Trinajstić information content (AvgIpc) is 2.61. The van der Waals surface area contributed by atoms with Crippen molar-refractivity contribution in [1.29, 1.82) is 0 Å². The van der Waals surface area contributed by atoms with E-state index in [-0.39, 0.29) is 19.2 Å². The third kappa shape index (κ3) is 4.93. The van der Waals surface area contributed by atoms with Crippen LogP contribution in [0, 0.1) is 0 Å². The number of pyridine rings is 1. The van der Waals surface area contributed by atoms with Crippen LogP contribution >= 0.6 is 0 Å². The first kappa shape index (κ1) is 16.7. The standard InChI is InChI=1S/C18H21N3O2/c1-2-10-21(11-12-22)18(23)20-13-15-5-7-16(8-6-15)17-4-3-9-19-14-17/h2-9,14,22H,1,10-13H2,(H,20,23). The molecule has 0 fully saturated rings. The molecule has 5 nitrogen and oxygen atoms in total.